The number of carbonyl (C=O) groups is 1. The molecule has 1 aromatic carbocycles. The van der Waals surface area contributed by atoms with Crippen LogP contribution in [-0.4, -0.2) is 37.7 Å². The van der Waals surface area contributed by atoms with E-state index in [-0.39, 0.29) is 5.91 Å². The van der Waals surface area contributed by atoms with Crippen molar-refractivity contribution in [2.45, 2.75) is 26.2 Å². The van der Waals surface area contributed by atoms with Crippen LogP contribution < -0.4 is 20.5 Å². The summed E-state index contributed by atoms with van der Waals surface area (Å²) in [6.07, 6.45) is 2.39. The minimum Gasteiger partial charge on any atom is -0.493 e. The smallest absolute Gasteiger partial charge is 0.270 e. The van der Waals surface area contributed by atoms with Gasteiger partial charge >= 0.3 is 0 Å². The van der Waals surface area contributed by atoms with Gasteiger partial charge in [0.25, 0.3) is 5.91 Å². The highest BCUT2D eigenvalue weighted by Gasteiger charge is 2.10. The molecule has 0 fully saturated rings. The van der Waals surface area contributed by atoms with E-state index in [1.54, 1.807) is 12.5 Å². The van der Waals surface area contributed by atoms with Gasteiger partial charge in [-0.1, -0.05) is 6.07 Å². The van der Waals surface area contributed by atoms with Crippen LogP contribution in [0.15, 0.2) is 23.6 Å². The number of nitrogens with one attached hydrogen (secondary N) is 1. The summed E-state index contributed by atoms with van der Waals surface area (Å²) < 4.78 is 10.9. The van der Waals surface area contributed by atoms with Crippen LogP contribution in [0.3, 0.4) is 0 Å². The van der Waals surface area contributed by atoms with E-state index in [4.69, 9.17) is 15.2 Å². The van der Waals surface area contributed by atoms with E-state index < -0.39 is 0 Å². The van der Waals surface area contributed by atoms with Gasteiger partial charge in [0.05, 0.1) is 18.7 Å². The van der Waals surface area contributed by atoms with E-state index in [9.17, 15) is 4.79 Å². The Balaban J connectivity index is 1.80. The van der Waals surface area contributed by atoms with Crippen molar-refractivity contribution in [2.24, 2.45) is 5.73 Å². The van der Waals surface area contributed by atoms with Crippen LogP contribution in [0.1, 0.15) is 34.4 Å². The second-order valence-electron chi connectivity index (χ2n) is 5.44. The predicted octanol–water partition coefficient (Wildman–Crippen LogP) is 2.41. The maximum atomic E-state index is 12.1. The van der Waals surface area contributed by atoms with Gasteiger partial charge in [0.15, 0.2) is 11.5 Å². The lowest BCUT2D eigenvalue weighted by atomic mass is 10.1. The molecule has 0 saturated heterocycles. The highest BCUT2D eigenvalue weighted by Crippen LogP contribution is 2.28. The third-order valence-electron chi connectivity index (χ3n) is 3.60. The Bertz CT molecular complexity index is 688. The van der Waals surface area contributed by atoms with Crippen molar-refractivity contribution in [3.63, 3.8) is 0 Å². The molecular formula is C18H25N3O3S. The molecule has 7 heteroatoms. The largest absolute Gasteiger partial charge is 0.493 e. The summed E-state index contributed by atoms with van der Waals surface area (Å²) >= 11 is 1.47. The monoisotopic (exact) mass is 363 g/mol. The van der Waals surface area contributed by atoms with Gasteiger partial charge in [-0.25, -0.2) is 4.98 Å². The van der Waals surface area contributed by atoms with Gasteiger partial charge < -0.3 is 20.5 Å². The molecule has 136 valence electrons. The van der Waals surface area contributed by atoms with Gasteiger partial charge in [-0.05, 0) is 44.0 Å². The number of thiazole rings is 1. The fourth-order valence-electron chi connectivity index (χ4n) is 2.38. The third-order valence-corrected chi connectivity index (χ3v) is 4.51. The summed E-state index contributed by atoms with van der Waals surface area (Å²) in [6, 6.07) is 5.92. The Morgan fingerprint density at radius 2 is 2.16 bits per heavy atom. The van der Waals surface area contributed by atoms with Crippen LogP contribution >= 0.6 is 11.3 Å². The number of hydrogen-bond donors (Lipinski definition) is 2. The number of aryl methyl sites for hydroxylation is 1. The quantitative estimate of drug-likeness (QED) is 0.633. The highest BCUT2D eigenvalue weighted by atomic mass is 32.1. The molecule has 0 aliphatic heterocycles. The van der Waals surface area contributed by atoms with Crippen LogP contribution in [0.4, 0.5) is 0 Å². The van der Waals surface area contributed by atoms with Gasteiger partial charge in [-0.3, -0.25) is 4.79 Å². The first-order valence-corrected chi connectivity index (χ1v) is 9.28. The second kappa shape index (κ2) is 10.0. The standard InChI is InChI=1S/C18H25N3O3S/c1-3-24-16-11-13(6-7-15(16)23-2)5-4-10-20-18(22)14-12-25-17(21-14)8-9-19/h6-7,11-12H,3-5,8-10,19H2,1-2H3,(H,20,22). The van der Waals surface area contributed by atoms with Gasteiger partial charge in [0.2, 0.25) is 0 Å². The maximum absolute atomic E-state index is 12.1. The number of ether oxygens (including phenoxy) is 2. The molecule has 0 spiro atoms. The first-order valence-electron chi connectivity index (χ1n) is 8.40. The Morgan fingerprint density at radius 3 is 2.88 bits per heavy atom. The maximum Gasteiger partial charge on any atom is 0.270 e. The summed E-state index contributed by atoms with van der Waals surface area (Å²) in [5.41, 5.74) is 7.12. The highest BCUT2D eigenvalue weighted by molar-refractivity contribution is 7.09. The van der Waals surface area contributed by atoms with Crippen molar-refractivity contribution in [1.82, 2.24) is 10.3 Å². The second-order valence-corrected chi connectivity index (χ2v) is 6.39. The lowest BCUT2D eigenvalue weighted by Gasteiger charge is -2.11. The molecule has 0 atom stereocenters. The van der Waals surface area contributed by atoms with Crippen molar-refractivity contribution < 1.29 is 14.3 Å². The normalized spacial score (nSPS) is 10.5. The van der Waals surface area contributed by atoms with Crippen LogP contribution in [0.5, 0.6) is 11.5 Å². The average Bonchev–Trinajstić information content (AvgIpc) is 3.08. The Labute approximate surface area is 152 Å². The van der Waals surface area contributed by atoms with Crippen LogP contribution in [0, 0.1) is 0 Å². The molecule has 2 aromatic rings. The van der Waals surface area contributed by atoms with Gasteiger partial charge in [0.1, 0.15) is 5.69 Å². The molecule has 0 bridgehead atoms. The molecule has 1 amide bonds. The SMILES string of the molecule is CCOc1cc(CCCNC(=O)c2csc(CCN)n2)ccc1OC. The molecule has 0 saturated carbocycles. The predicted molar refractivity (Wildman–Crippen MR) is 99.7 cm³/mol. The first-order chi connectivity index (χ1) is 12.2. The number of nitrogens with two attached hydrogens (primary N) is 1. The van der Waals surface area contributed by atoms with E-state index in [2.05, 4.69) is 10.3 Å². The van der Waals surface area contributed by atoms with Gasteiger partial charge in [0, 0.05) is 18.3 Å². The molecule has 0 aliphatic carbocycles. The van der Waals surface area contributed by atoms with Crippen LogP contribution in [0.2, 0.25) is 0 Å². The molecule has 0 unspecified atom stereocenters. The number of carbonyl (C=O) groups excluding carboxylic acids is 1. The zero-order chi connectivity index (χ0) is 18.1. The van der Waals surface area contributed by atoms with E-state index in [1.165, 1.54) is 11.3 Å². The van der Waals surface area contributed by atoms with Crippen LogP contribution in [-0.2, 0) is 12.8 Å². The molecule has 3 N–H and O–H groups in total. The Kier molecular flexibility index (Phi) is 7.69. The molecule has 6 nitrogen and oxygen atoms in total. The van der Waals surface area contributed by atoms with E-state index in [1.807, 2.05) is 25.1 Å². The number of hydrogen-bond acceptors (Lipinski definition) is 6. The fourth-order valence-corrected chi connectivity index (χ4v) is 3.18. The van der Waals surface area contributed by atoms with E-state index in [0.29, 0.717) is 31.8 Å². The van der Waals surface area contributed by atoms with Crippen molar-refractivity contribution >= 4 is 17.2 Å². The molecule has 0 radical (unpaired) electrons. The fraction of sp³-hybridized carbons (Fsp3) is 0.444. The number of benzene rings is 1. The first kappa shape index (κ1) is 19.2. The number of rotatable bonds is 10. The third kappa shape index (κ3) is 5.72. The molecular weight excluding hydrogens is 338 g/mol. The molecule has 1 aromatic heterocycles. The minimum atomic E-state index is -0.135. The molecule has 1 heterocycles. The van der Waals surface area contributed by atoms with E-state index >= 15 is 0 Å². The van der Waals surface area contributed by atoms with Crippen LogP contribution in [0.25, 0.3) is 0 Å². The number of aromatic nitrogens is 1. The van der Waals surface area contributed by atoms with Crippen molar-refractivity contribution in [2.75, 3.05) is 26.8 Å². The van der Waals surface area contributed by atoms with E-state index in [0.717, 1.165) is 34.9 Å². The summed E-state index contributed by atoms with van der Waals surface area (Å²) in [5.74, 6) is 1.35. The summed E-state index contributed by atoms with van der Waals surface area (Å²) in [6.45, 7) is 3.67. The lowest BCUT2D eigenvalue weighted by molar-refractivity contribution is 0.0948. The molecule has 25 heavy (non-hydrogen) atoms. The van der Waals surface area contributed by atoms with Crippen molar-refractivity contribution in [3.8, 4) is 11.5 Å². The van der Waals surface area contributed by atoms with Crippen molar-refractivity contribution in [3.05, 3.63) is 39.8 Å². The average molecular weight is 363 g/mol. The summed E-state index contributed by atoms with van der Waals surface area (Å²) in [4.78, 5) is 16.3. The zero-order valence-corrected chi connectivity index (χ0v) is 15.5. The van der Waals surface area contributed by atoms with Gasteiger partial charge in [-0.15, -0.1) is 11.3 Å². The lowest BCUT2D eigenvalue weighted by Crippen LogP contribution is -2.25. The Hall–Kier alpha value is -2.12. The molecule has 2 rings (SSSR count). The Morgan fingerprint density at radius 1 is 1.32 bits per heavy atom. The molecule has 0 aliphatic rings. The number of nitrogens with zero attached hydrogens (tertiary/aromatic N) is 1. The summed E-state index contributed by atoms with van der Waals surface area (Å²) in [5, 5.41) is 5.58. The number of amides is 1. The topological polar surface area (TPSA) is 86.5 Å². The minimum absolute atomic E-state index is 0.135. The summed E-state index contributed by atoms with van der Waals surface area (Å²) in [7, 11) is 1.63. The van der Waals surface area contributed by atoms with Crippen molar-refractivity contribution in [1.29, 1.82) is 0 Å². The number of methoxy groups -OCH3 is 1. The zero-order valence-electron chi connectivity index (χ0n) is 14.7. The van der Waals surface area contributed by atoms with Gasteiger partial charge in [-0.2, -0.15) is 0 Å².